The van der Waals surface area contributed by atoms with Gasteiger partial charge in [0, 0.05) is 19.3 Å². The number of esters is 3. The van der Waals surface area contributed by atoms with Crippen LogP contribution in [-0.2, 0) is 28.6 Å². The summed E-state index contributed by atoms with van der Waals surface area (Å²) >= 11 is 0. The fourth-order valence-corrected chi connectivity index (χ4v) is 5.16. The highest BCUT2D eigenvalue weighted by atomic mass is 16.6. The molecule has 1 unspecified atom stereocenters. The van der Waals surface area contributed by atoms with Crippen molar-refractivity contribution < 1.29 is 28.6 Å². The van der Waals surface area contributed by atoms with Gasteiger partial charge in [0.2, 0.25) is 0 Å². The summed E-state index contributed by atoms with van der Waals surface area (Å²) in [4.78, 5) is 37.8. The third kappa shape index (κ3) is 45.7. The quantitative estimate of drug-likeness (QED) is 0.0204. The Hall–Kier alpha value is -5.23. The molecule has 0 aliphatic carbocycles. The van der Waals surface area contributed by atoms with Gasteiger partial charge < -0.3 is 14.2 Å². The molecule has 0 aliphatic heterocycles. The Balaban J connectivity index is 4.64. The molecule has 0 heterocycles. The van der Waals surface area contributed by atoms with Crippen LogP contribution in [-0.4, -0.2) is 37.2 Å². The maximum Gasteiger partial charge on any atom is 0.306 e. The summed E-state index contributed by atoms with van der Waals surface area (Å²) in [5, 5.41) is 0. The fraction of sp³-hybridized carbons (Fsp3) is 0.436. The normalized spacial score (nSPS) is 13.7. The lowest BCUT2D eigenvalue weighted by atomic mass is 10.1. The Morgan fingerprint density at radius 3 is 1.13 bits per heavy atom. The molecule has 0 fully saturated rings. The van der Waals surface area contributed by atoms with E-state index in [1.807, 2.05) is 109 Å². The molecule has 0 rings (SSSR count). The van der Waals surface area contributed by atoms with Crippen LogP contribution in [0.3, 0.4) is 0 Å². The molecule has 0 aromatic heterocycles. The smallest absolute Gasteiger partial charge is 0.306 e. The standard InChI is InChI=1S/C55H78O6/c1-4-7-10-13-16-19-22-24-25-26-27-28-29-31-33-36-39-42-45-48-54(57)60-51-52(50-59-53(56)47-44-41-38-35-32-21-18-15-12-9-6-3)61-55(58)49-46-43-40-37-34-30-23-20-17-14-11-8-5-2/h7-14,16-31,33-35,38,52H,4-6,15,32,36-37,39-51H2,1-3H3/b10-7-,11-8-,12-9-,16-13-,17-14-,21-18-,22-19-,23-20-,25-24-,27-26+,29-28-,33-31-,34-30-,38-35-. The molecular formula is C55H78O6. The van der Waals surface area contributed by atoms with Gasteiger partial charge in [-0.2, -0.15) is 0 Å². The zero-order valence-electron chi connectivity index (χ0n) is 37.8. The molecule has 334 valence electrons. The minimum atomic E-state index is -0.846. The molecule has 6 heteroatoms. The summed E-state index contributed by atoms with van der Waals surface area (Å²) in [6.07, 6.45) is 70.6. The van der Waals surface area contributed by atoms with Gasteiger partial charge in [0.15, 0.2) is 6.10 Å². The maximum absolute atomic E-state index is 12.7. The Morgan fingerprint density at radius 2 is 0.689 bits per heavy atom. The van der Waals surface area contributed by atoms with Crippen LogP contribution in [0.2, 0.25) is 0 Å². The largest absolute Gasteiger partial charge is 0.462 e. The number of hydrogen-bond acceptors (Lipinski definition) is 6. The molecule has 0 aliphatic rings. The van der Waals surface area contributed by atoms with Crippen LogP contribution in [0.15, 0.2) is 170 Å². The maximum atomic E-state index is 12.7. The first kappa shape index (κ1) is 55.8. The third-order valence-corrected chi connectivity index (χ3v) is 8.49. The predicted octanol–water partition coefficient (Wildman–Crippen LogP) is 14.9. The lowest BCUT2D eigenvalue weighted by molar-refractivity contribution is -0.167. The van der Waals surface area contributed by atoms with E-state index in [4.69, 9.17) is 14.2 Å². The fourth-order valence-electron chi connectivity index (χ4n) is 5.16. The van der Waals surface area contributed by atoms with Gasteiger partial charge in [-0.05, 0) is 83.5 Å². The summed E-state index contributed by atoms with van der Waals surface area (Å²) < 4.78 is 16.6. The van der Waals surface area contributed by atoms with E-state index < -0.39 is 6.10 Å². The Morgan fingerprint density at radius 1 is 0.344 bits per heavy atom. The molecular weight excluding hydrogens is 757 g/mol. The second kappa shape index (κ2) is 47.4. The minimum absolute atomic E-state index is 0.144. The van der Waals surface area contributed by atoms with Gasteiger partial charge in [-0.15, -0.1) is 0 Å². The summed E-state index contributed by atoms with van der Waals surface area (Å²) in [7, 11) is 0. The Kier molecular flexibility index (Phi) is 43.4. The Labute approximate surface area is 371 Å². The van der Waals surface area contributed by atoms with E-state index in [0.717, 1.165) is 77.0 Å². The zero-order chi connectivity index (χ0) is 44.4. The van der Waals surface area contributed by atoms with E-state index in [1.54, 1.807) is 0 Å². The van der Waals surface area contributed by atoms with E-state index >= 15 is 0 Å². The topological polar surface area (TPSA) is 78.9 Å². The lowest BCUT2D eigenvalue weighted by Crippen LogP contribution is -2.30. The number of ether oxygens (including phenoxy) is 3. The van der Waals surface area contributed by atoms with E-state index in [-0.39, 0.29) is 50.4 Å². The highest BCUT2D eigenvalue weighted by Gasteiger charge is 2.19. The van der Waals surface area contributed by atoms with Crippen molar-refractivity contribution in [2.75, 3.05) is 13.2 Å². The van der Waals surface area contributed by atoms with Crippen molar-refractivity contribution in [2.45, 2.75) is 142 Å². The molecule has 6 nitrogen and oxygen atoms in total. The van der Waals surface area contributed by atoms with Gasteiger partial charge in [-0.3, -0.25) is 14.4 Å². The number of hydrogen-bond donors (Lipinski definition) is 0. The van der Waals surface area contributed by atoms with Crippen LogP contribution >= 0.6 is 0 Å². The van der Waals surface area contributed by atoms with E-state index in [0.29, 0.717) is 19.3 Å². The summed E-state index contributed by atoms with van der Waals surface area (Å²) in [6.45, 7) is 6.05. The molecule has 61 heavy (non-hydrogen) atoms. The number of carbonyl (C=O) groups is 3. The van der Waals surface area contributed by atoms with Crippen LogP contribution < -0.4 is 0 Å². The number of carbonyl (C=O) groups excluding carboxylic acids is 3. The average Bonchev–Trinajstić information content (AvgIpc) is 3.26. The summed E-state index contributed by atoms with van der Waals surface area (Å²) in [6, 6.07) is 0. The first-order valence-electron chi connectivity index (χ1n) is 22.8. The highest BCUT2D eigenvalue weighted by molar-refractivity contribution is 5.71. The first-order chi connectivity index (χ1) is 30.0. The van der Waals surface area contributed by atoms with Gasteiger partial charge in [-0.1, -0.05) is 204 Å². The molecule has 0 aromatic carbocycles. The first-order valence-corrected chi connectivity index (χ1v) is 22.8. The highest BCUT2D eigenvalue weighted by Crippen LogP contribution is 2.10. The Bertz CT molecular complexity index is 1520. The SMILES string of the molecule is CC\C=C/C=C\C=C/C=C\C=C\C=C/C=C\CCCCCC(=O)OCC(COC(=O)CCC/C=C\C/C=C\C/C=C\CC)OC(=O)CCCCC\C=C/C=C\C=C/C=C\CC. The van der Waals surface area contributed by atoms with Gasteiger partial charge in [0.1, 0.15) is 13.2 Å². The van der Waals surface area contributed by atoms with Gasteiger partial charge in [0.25, 0.3) is 0 Å². The average molecular weight is 835 g/mol. The molecule has 0 radical (unpaired) electrons. The molecule has 0 amide bonds. The van der Waals surface area contributed by atoms with Crippen LogP contribution in [0.5, 0.6) is 0 Å². The van der Waals surface area contributed by atoms with E-state index in [1.165, 1.54) is 0 Å². The summed E-state index contributed by atoms with van der Waals surface area (Å²) in [5.74, 6) is -1.10. The number of unbranched alkanes of at least 4 members (excludes halogenated alkanes) is 7. The van der Waals surface area contributed by atoms with Crippen molar-refractivity contribution in [3.8, 4) is 0 Å². The van der Waals surface area contributed by atoms with Crippen LogP contribution in [0.25, 0.3) is 0 Å². The van der Waals surface area contributed by atoms with E-state index in [2.05, 4.69) is 81.5 Å². The van der Waals surface area contributed by atoms with Crippen molar-refractivity contribution in [1.29, 1.82) is 0 Å². The number of allylic oxidation sites excluding steroid dienone is 28. The molecule has 0 spiro atoms. The van der Waals surface area contributed by atoms with Crippen molar-refractivity contribution in [2.24, 2.45) is 0 Å². The number of rotatable bonds is 37. The van der Waals surface area contributed by atoms with Crippen molar-refractivity contribution >= 4 is 17.9 Å². The molecule has 0 bridgehead atoms. The predicted molar refractivity (Wildman–Crippen MR) is 260 cm³/mol. The molecule has 0 saturated carbocycles. The monoisotopic (exact) mass is 835 g/mol. The molecule has 0 N–H and O–H groups in total. The van der Waals surface area contributed by atoms with E-state index in [9.17, 15) is 14.4 Å². The van der Waals surface area contributed by atoms with Crippen LogP contribution in [0.4, 0.5) is 0 Å². The lowest BCUT2D eigenvalue weighted by Gasteiger charge is -2.18. The van der Waals surface area contributed by atoms with Gasteiger partial charge in [0.05, 0.1) is 0 Å². The minimum Gasteiger partial charge on any atom is -0.462 e. The molecule has 0 aromatic rings. The van der Waals surface area contributed by atoms with Gasteiger partial charge >= 0.3 is 17.9 Å². The van der Waals surface area contributed by atoms with Crippen LogP contribution in [0, 0.1) is 0 Å². The third-order valence-electron chi connectivity index (χ3n) is 8.49. The summed E-state index contributed by atoms with van der Waals surface area (Å²) in [5.41, 5.74) is 0. The van der Waals surface area contributed by atoms with Crippen molar-refractivity contribution in [1.82, 2.24) is 0 Å². The molecule has 0 saturated heterocycles. The van der Waals surface area contributed by atoms with Crippen molar-refractivity contribution in [3.05, 3.63) is 170 Å². The molecule has 1 atom stereocenters. The zero-order valence-corrected chi connectivity index (χ0v) is 37.8. The van der Waals surface area contributed by atoms with Crippen LogP contribution in [0.1, 0.15) is 136 Å². The second-order valence-electron chi connectivity index (χ2n) is 14.1. The second-order valence-corrected chi connectivity index (χ2v) is 14.1. The van der Waals surface area contributed by atoms with Crippen molar-refractivity contribution in [3.63, 3.8) is 0 Å². The van der Waals surface area contributed by atoms with Gasteiger partial charge in [-0.25, -0.2) is 0 Å².